The van der Waals surface area contributed by atoms with Crippen molar-refractivity contribution >= 4 is 16.0 Å². The van der Waals surface area contributed by atoms with E-state index in [1.165, 1.54) is 18.3 Å². The van der Waals surface area contributed by atoms with Crippen molar-refractivity contribution in [3.8, 4) is 6.07 Å². The summed E-state index contributed by atoms with van der Waals surface area (Å²) in [5.74, 6) is -1.28. The van der Waals surface area contributed by atoms with Gasteiger partial charge in [0, 0.05) is 13.2 Å². The SMILES string of the molecule is CN(CC(=O)O)S(=O)(=O)c1cccnc1C#N. The zero-order valence-corrected chi connectivity index (χ0v) is 9.68. The molecule has 0 amide bonds. The van der Waals surface area contributed by atoms with Crippen LogP contribution in [0.4, 0.5) is 0 Å². The van der Waals surface area contributed by atoms with E-state index < -0.39 is 22.5 Å². The van der Waals surface area contributed by atoms with Crippen LogP contribution in [0, 0.1) is 11.3 Å². The third-order valence-electron chi connectivity index (χ3n) is 1.92. The summed E-state index contributed by atoms with van der Waals surface area (Å²) in [4.78, 5) is 13.8. The molecule has 1 aromatic heterocycles. The van der Waals surface area contributed by atoms with Gasteiger partial charge in [0.2, 0.25) is 10.0 Å². The predicted molar refractivity (Wildman–Crippen MR) is 56.4 cm³/mol. The summed E-state index contributed by atoms with van der Waals surface area (Å²) in [6.45, 7) is -0.678. The lowest BCUT2D eigenvalue weighted by atomic mass is 10.4. The van der Waals surface area contributed by atoms with E-state index in [2.05, 4.69) is 4.98 Å². The second-order valence-corrected chi connectivity index (χ2v) is 5.13. The standard InChI is InChI=1S/C9H9N3O4S/c1-12(6-9(13)14)17(15,16)8-3-2-4-11-7(8)5-10/h2-4H,6H2,1H3,(H,13,14). The summed E-state index contributed by atoms with van der Waals surface area (Å²) in [7, 11) is -2.89. The Bertz CT molecular complexity index is 576. The van der Waals surface area contributed by atoms with Crippen LogP contribution in [-0.4, -0.2) is 42.4 Å². The van der Waals surface area contributed by atoms with E-state index in [0.717, 1.165) is 7.05 Å². The molecule has 1 heterocycles. The molecule has 0 fully saturated rings. The Morgan fingerprint density at radius 1 is 1.65 bits per heavy atom. The number of sulfonamides is 1. The minimum Gasteiger partial charge on any atom is -0.480 e. The highest BCUT2D eigenvalue weighted by Gasteiger charge is 2.25. The molecule has 0 unspecified atom stereocenters. The molecule has 0 aliphatic heterocycles. The van der Waals surface area contributed by atoms with Crippen molar-refractivity contribution in [1.29, 1.82) is 5.26 Å². The van der Waals surface area contributed by atoms with Crippen molar-refractivity contribution in [1.82, 2.24) is 9.29 Å². The minimum atomic E-state index is -4.01. The Labute approximate surface area is 98.0 Å². The van der Waals surface area contributed by atoms with Crippen LogP contribution in [-0.2, 0) is 14.8 Å². The van der Waals surface area contributed by atoms with Gasteiger partial charge in [0.05, 0.1) is 0 Å². The molecule has 0 atom stereocenters. The first-order chi connectivity index (χ1) is 7.89. The highest BCUT2D eigenvalue weighted by atomic mass is 32.2. The number of nitrogens with zero attached hydrogens (tertiary/aromatic N) is 3. The number of pyridine rings is 1. The lowest BCUT2D eigenvalue weighted by molar-refractivity contribution is -0.137. The monoisotopic (exact) mass is 255 g/mol. The number of aromatic nitrogens is 1. The van der Waals surface area contributed by atoms with Gasteiger partial charge in [-0.3, -0.25) is 4.79 Å². The van der Waals surface area contributed by atoms with Crippen LogP contribution in [0.2, 0.25) is 0 Å². The van der Waals surface area contributed by atoms with E-state index in [-0.39, 0.29) is 10.6 Å². The number of carboxylic acid groups (broad SMARTS) is 1. The zero-order chi connectivity index (χ0) is 13.1. The van der Waals surface area contributed by atoms with Crippen molar-refractivity contribution in [2.45, 2.75) is 4.90 Å². The summed E-state index contributed by atoms with van der Waals surface area (Å²) in [6.07, 6.45) is 1.29. The third-order valence-corrected chi connectivity index (χ3v) is 3.76. The van der Waals surface area contributed by atoms with Gasteiger partial charge < -0.3 is 5.11 Å². The number of hydrogen-bond donors (Lipinski definition) is 1. The molecule has 90 valence electrons. The zero-order valence-electron chi connectivity index (χ0n) is 8.86. The van der Waals surface area contributed by atoms with Crippen LogP contribution >= 0.6 is 0 Å². The maximum atomic E-state index is 11.9. The molecule has 0 aromatic carbocycles. The fourth-order valence-electron chi connectivity index (χ4n) is 1.13. The maximum Gasteiger partial charge on any atom is 0.318 e. The number of nitriles is 1. The van der Waals surface area contributed by atoms with E-state index in [1.54, 1.807) is 6.07 Å². The predicted octanol–water partition coefficient (Wildman–Crippen LogP) is -0.342. The van der Waals surface area contributed by atoms with Gasteiger partial charge >= 0.3 is 5.97 Å². The van der Waals surface area contributed by atoms with Crippen molar-refractivity contribution in [2.75, 3.05) is 13.6 Å². The lowest BCUT2D eigenvalue weighted by Crippen LogP contribution is -2.32. The van der Waals surface area contributed by atoms with Gasteiger partial charge in [-0.1, -0.05) is 0 Å². The van der Waals surface area contributed by atoms with Crippen molar-refractivity contribution < 1.29 is 18.3 Å². The average Bonchev–Trinajstić information content (AvgIpc) is 2.28. The summed E-state index contributed by atoms with van der Waals surface area (Å²) in [5.41, 5.74) is -0.260. The first kappa shape index (κ1) is 13.1. The molecule has 0 bridgehead atoms. The summed E-state index contributed by atoms with van der Waals surface area (Å²) < 4.78 is 24.5. The molecule has 0 spiro atoms. The van der Waals surface area contributed by atoms with Gasteiger partial charge in [-0.15, -0.1) is 0 Å². The Morgan fingerprint density at radius 2 is 2.29 bits per heavy atom. The fourth-order valence-corrected chi connectivity index (χ4v) is 2.34. The van der Waals surface area contributed by atoms with Gasteiger partial charge in [-0.2, -0.15) is 9.57 Å². The van der Waals surface area contributed by atoms with Gasteiger partial charge in [0.15, 0.2) is 5.69 Å². The normalized spacial score (nSPS) is 11.1. The second kappa shape index (κ2) is 4.90. The summed E-state index contributed by atoms with van der Waals surface area (Å²) in [5, 5.41) is 17.3. The van der Waals surface area contributed by atoms with E-state index >= 15 is 0 Å². The van der Waals surface area contributed by atoms with Crippen LogP contribution in [0.1, 0.15) is 5.69 Å². The first-order valence-electron chi connectivity index (χ1n) is 4.43. The largest absolute Gasteiger partial charge is 0.480 e. The first-order valence-corrected chi connectivity index (χ1v) is 5.87. The number of hydrogen-bond acceptors (Lipinski definition) is 5. The van der Waals surface area contributed by atoms with E-state index in [0.29, 0.717) is 4.31 Å². The van der Waals surface area contributed by atoms with Crippen LogP contribution in [0.25, 0.3) is 0 Å². The topological polar surface area (TPSA) is 111 Å². The van der Waals surface area contributed by atoms with Crippen LogP contribution in [0.3, 0.4) is 0 Å². The molecule has 7 nitrogen and oxygen atoms in total. The van der Waals surface area contributed by atoms with Crippen molar-refractivity contribution in [2.24, 2.45) is 0 Å². The molecular formula is C9H9N3O4S. The molecule has 0 aliphatic rings. The Hall–Kier alpha value is -1.98. The smallest absolute Gasteiger partial charge is 0.318 e. The molecule has 0 saturated heterocycles. The van der Waals surface area contributed by atoms with Crippen LogP contribution < -0.4 is 0 Å². The molecule has 1 rings (SSSR count). The summed E-state index contributed by atoms with van der Waals surface area (Å²) >= 11 is 0. The highest BCUT2D eigenvalue weighted by molar-refractivity contribution is 7.89. The number of carbonyl (C=O) groups is 1. The van der Waals surface area contributed by atoms with Crippen LogP contribution in [0.5, 0.6) is 0 Å². The lowest BCUT2D eigenvalue weighted by Gasteiger charge is -2.14. The number of rotatable bonds is 4. The maximum absolute atomic E-state index is 11.9. The summed E-state index contributed by atoms with van der Waals surface area (Å²) in [6, 6.07) is 4.22. The van der Waals surface area contributed by atoms with Crippen molar-refractivity contribution in [3.63, 3.8) is 0 Å². The van der Waals surface area contributed by atoms with Gasteiger partial charge in [-0.05, 0) is 12.1 Å². The quantitative estimate of drug-likeness (QED) is 0.787. The molecule has 1 aromatic rings. The van der Waals surface area contributed by atoms with E-state index in [9.17, 15) is 13.2 Å². The average molecular weight is 255 g/mol. The molecule has 0 radical (unpaired) electrons. The Morgan fingerprint density at radius 3 is 2.82 bits per heavy atom. The van der Waals surface area contributed by atoms with Gasteiger partial charge in [0.25, 0.3) is 0 Å². The molecule has 1 N–H and O–H groups in total. The molecule has 17 heavy (non-hydrogen) atoms. The van der Waals surface area contributed by atoms with E-state index in [4.69, 9.17) is 10.4 Å². The molecular weight excluding hydrogens is 246 g/mol. The van der Waals surface area contributed by atoms with E-state index in [1.807, 2.05) is 0 Å². The highest BCUT2D eigenvalue weighted by Crippen LogP contribution is 2.16. The second-order valence-electron chi connectivity index (χ2n) is 3.12. The fraction of sp³-hybridized carbons (Fsp3) is 0.222. The number of carboxylic acids is 1. The van der Waals surface area contributed by atoms with Crippen LogP contribution in [0.15, 0.2) is 23.2 Å². The number of aliphatic carboxylic acids is 1. The third kappa shape index (κ3) is 2.77. The van der Waals surface area contributed by atoms with Crippen molar-refractivity contribution in [3.05, 3.63) is 24.0 Å². The number of likely N-dealkylation sites (N-methyl/N-ethyl adjacent to an activating group) is 1. The Balaban J connectivity index is 3.23. The van der Waals surface area contributed by atoms with Gasteiger partial charge in [0.1, 0.15) is 17.5 Å². The Kier molecular flexibility index (Phi) is 3.77. The van der Waals surface area contributed by atoms with Gasteiger partial charge in [-0.25, -0.2) is 13.4 Å². The minimum absolute atomic E-state index is 0.260. The molecule has 0 aliphatic carbocycles. The molecule has 8 heteroatoms. The molecule has 0 saturated carbocycles.